The van der Waals surface area contributed by atoms with Crippen LogP contribution in [0.25, 0.3) is 0 Å². The molecule has 0 aromatic heterocycles. The van der Waals surface area contributed by atoms with Crippen molar-refractivity contribution in [2.75, 3.05) is 6.79 Å². The van der Waals surface area contributed by atoms with Gasteiger partial charge in [0.25, 0.3) is 0 Å². The molecular weight excluding hydrogens is 367 g/mol. The fraction of sp³-hybridized carbons (Fsp3) is 0.235. The molecule has 0 saturated carbocycles. The molecule has 1 aliphatic rings. The van der Waals surface area contributed by atoms with Crippen molar-refractivity contribution < 1.29 is 9.47 Å². The highest BCUT2D eigenvalue weighted by Crippen LogP contribution is 2.32. The maximum absolute atomic E-state index is 6.22. The van der Waals surface area contributed by atoms with Gasteiger partial charge in [0.1, 0.15) is 0 Å². The molecule has 0 spiro atoms. The minimum Gasteiger partial charge on any atom is -0.454 e. The van der Waals surface area contributed by atoms with E-state index in [1.165, 1.54) is 0 Å². The summed E-state index contributed by atoms with van der Waals surface area (Å²) in [5, 5.41) is 8.16. The van der Waals surface area contributed by atoms with Crippen molar-refractivity contribution >= 4 is 40.5 Å². The Hall–Kier alpha value is -1.69. The molecule has 0 bridgehead atoms. The molecule has 4 nitrogen and oxygen atoms in total. The number of benzene rings is 2. The molecular formula is C17H16Cl2N2O2S. The smallest absolute Gasteiger partial charge is 0.231 e. The van der Waals surface area contributed by atoms with Crippen molar-refractivity contribution in [2.45, 2.75) is 19.5 Å². The normalized spacial score (nSPS) is 13.5. The Labute approximate surface area is 156 Å². The minimum atomic E-state index is -0.0356. The van der Waals surface area contributed by atoms with Crippen LogP contribution >= 0.6 is 35.4 Å². The number of fused-ring (bicyclic) bond motifs is 1. The molecule has 0 amide bonds. The maximum atomic E-state index is 6.22. The first-order chi connectivity index (χ1) is 11.5. The third-order valence-corrected chi connectivity index (χ3v) is 4.49. The lowest BCUT2D eigenvalue weighted by Gasteiger charge is -2.18. The lowest BCUT2D eigenvalue weighted by atomic mass is 10.1. The molecule has 1 atom stereocenters. The molecule has 1 heterocycles. The van der Waals surface area contributed by atoms with E-state index in [2.05, 4.69) is 10.6 Å². The van der Waals surface area contributed by atoms with Gasteiger partial charge in [-0.15, -0.1) is 0 Å². The molecule has 24 heavy (non-hydrogen) atoms. The molecule has 2 N–H and O–H groups in total. The van der Waals surface area contributed by atoms with Gasteiger partial charge in [-0.05, 0) is 54.5 Å². The predicted octanol–water partition coefficient (Wildman–Crippen LogP) is 4.45. The first kappa shape index (κ1) is 17.1. The van der Waals surface area contributed by atoms with Crippen LogP contribution in [0.3, 0.4) is 0 Å². The molecule has 3 rings (SSSR count). The zero-order valence-electron chi connectivity index (χ0n) is 12.9. The molecule has 0 fully saturated rings. The van der Waals surface area contributed by atoms with E-state index in [1.54, 1.807) is 6.07 Å². The van der Waals surface area contributed by atoms with E-state index in [9.17, 15) is 0 Å². The van der Waals surface area contributed by atoms with Crippen molar-refractivity contribution in [1.82, 2.24) is 10.6 Å². The number of ether oxygens (including phenoxy) is 2. The van der Waals surface area contributed by atoms with Gasteiger partial charge in [0, 0.05) is 16.6 Å². The molecule has 7 heteroatoms. The maximum Gasteiger partial charge on any atom is 0.231 e. The predicted molar refractivity (Wildman–Crippen MR) is 100 cm³/mol. The molecule has 0 saturated heterocycles. The highest BCUT2D eigenvalue weighted by Gasteiger charge is 2.14. The van der Waals surface area contributed by atoms with E-state index in [1.807, 2.05) is 37.3 Å². The average Bonchev–Trinajstić information content (AvgIpc) is 3.00. The van der Waals surface area contributed by atoms with Crippen LogP contribution in [0, 0.1) is 0 Å². The molecule has 0 radical (unpaired) electrons. The summed E-state index contributed by atoms with van der Waals surface area (Å²) in [6.45, 7) is 2.85. The highest BCUT2D eigenvalue weighted by molar-refractivity contribution is 7.80. The van der Waals surface area contributed by atoms with Crippen LogP contribution in [-0.4, -0.2) is 11.9 Å². The van der Waals surface area contributed by atoms with Crippen molar-refractivity contribution in [1.29, 1.82) is 0 Å². The molecule has 2 aromatic rings. The second kappa shape index (κ2) is 7.47. The Bertz CT molecular complexity index is 770. The Morgan fingerprint density at radius 2 is 1.96 bits per heavy atom. The Morgan fingerprint density at radius 1 is 1.17 bits per heavy atom. The van der Waals surface area contributed by atoms with E-state index in [4.69, 9.17) is 44.9 Å². The third kappa shape index (κ3) is 4.04. The lowest BCUT2D eigenvalue weighted by molar-refractivity contribution is 0.174. The fourth-order valence-electron chi connectivity index (χ4n) is 2.41. The number of thiocarbonyl (C=S) groups is 1. The number of rotatable bonds is 4. The van der Waals surface area contributed by atoms with Crippen molar-refractivity contribution in [3.8, 4) is 11.5 Å². The van der Waals surface area contributed by atoms with Crippen LogP contribution in [0.15, 0.2) is 36.4 Å². The zero-order chi connectivity index (χ0) is 17.1. The first-order valence-corrected chi connectivity index (χ1v) is 8.57. The summed E-state index contributed by atoms with van der Waals surface area (Å²) in [7, 11) is 0. The van der Waals surface area contributed by atoms with E-state index < -0.39 is 0 Å². The van der Waals surface area contributed by atoms with Crippen LogP contribution in [0.5, 0.6) is 11.5 Å². The SMILES string of the molecule is C[C@@H](NC(=S)NCc1ccc2c(c1)OCO2)c1ccc(Cl)cc1Cl. The quantitative estimate of drug-likeness (QED) is 0.764. The van der Waals surface area contributed by atoms with Gasteiger partial charge < -0.3 is 20.1 Å². The van der Waals surface area contributed by atoms with Gasteiger partial charge in [-0.25, -0.2) is 0 Å². The zero-order valence-corrected chi connectivity index (χ0v) is 15.3. The summed E-state index contributed by atoms with van der Waals surface area (Å²) >= 11 is 17.5. The highest BCUT2D eigenvalue weighted by atomic mass is 35.5. The fourth-order valence-corrected chi connectivity index (χ4v) is 3.23. The molecule has 1 aliphatic heterocycles. The molecule has 2 aromatic carbocycles. The van der Waals surface area contributed by atoms with Crippen LogP contribution in [-0.2, 0) is 6.54 Å². The van der Waals surface area contributed by atoms with E-state index in [-0.39, 0.29) is 12.8 Å². The molecule has 0 unspecified atom stereocenters. The van der Waals surface area contributed by atoms with Gasteiger partial charge in [0.2, 0.25) is 6.79 Å². The summed E-state index contributed by atoms with van der Waals surface area (Å²) < 4.78 is 10.7. The van der Waals surface area contributed by atoms with Gasteiger partial charge >= 0.3 is 0 Å². The van der Waals surface area contributed by atoms with E-state index in [0.717, 1.165) is 22.6 Å². The van der Waals surface area contributed by atoms with Gasteiger partial charge in [-0.1, -0.05) is 35.3 Å². The van der Waals surface area contributed by atoms with Gasteiger partial charge in [-0.3, -0.25) is 0 Å². The Balaban J connectivity index is 1.55. The number of hydrogen-bond acceptors (Lipinski definition) is 3. The van der Waals surface area contributed by atoms with Gasteiger partial charge in [0.15, 0.2) is 16.6 Å². The molecule has 126 valence electrons. The van der Waals surface area contributed by atoms with Crippen LogP contribution in [0.1, 0.15) is 24.1 Å². The minimum absolute atomic E-state index is 0.0356. The second-order valence-corrected chi connectivity index (χ2v) is 6.65. The van der Waals surface area contributed by atoms with Crippen molar-refractivity contribution in [3.05, 3.63) is 57.6 Å². The van der Waals surface area contributed by atoms with Gasteiger partial charge in [0.05, 0.1) is 6.04 Å². The second-order valence-electron chi connectivity index (χ2n) is 5.40. The first-order valence-electron chi connectivity index (χ1n) is 7.41. The van der Waals surface area contributed by atoms with Crippen molar-refractivity contribution in [3.63, 3.8) is 0 Å². The Morgan fingerprint density at radius 3 is 2.75 bits per heavy atom. The monoisotopic (exact) mass is 382 g/mol. The standard InChI is InChI=1S/C17H16Cl2N2O2S/c1-10(13-4-3-12(18)7-14(13)19)21-17(24)20-8-11-2-5-15-16(6-11)23-9-22-15/h2-7,10H,8-9H2,1H3,(H2,20,21,24)/t10-/m1/s1. The topological polar surface area (TPSA) is 42.5 Å². The average molecular weight is 383 g/mol. The largest absolute Gasteiger partial charge is 0.454 e. The van der Waals surface area contributed by atoms with E-state index >= 15 is 0 Å². The lowest BCUT2D eigenvalue weighted by Crippen LogP contribution is -2.36. The molecule has 0 aliphatic carbocycles. The summed E-state index contributed by atoms with van der Waals surface area (Å²) in [5.41, 5.74) is 1.99. The van der Waals surface area contributed by atoms with Crippen molar-refractivity contribution in [2.24, 2.45) is 0 Å². The number of hydrogen-bond donors (Lipinski definition) is 2. The van der Waals surface area contributed by atoms with Crippen LogP contribution in [0.2, 0.25) is 10.0 Å². The number of nitrogens with one attached hydrogen (secondary N) is 2. The van der Waals surface area contributed by atoms with Gasteiger partial charge in [-0.2, -0.15) is 0 Å². The Kier molecular flexibility index (Phi) is 5.33. The summed E-state index contributed by atoms with van der Waals surface area (Å²) in [4.78, 5) is 0. The summed E-state index contributed by atoms with van der Waals surface area (Å²) in [5.74, 6) is 1.53. The summed E-state index contributed by atoms with van der Waals surface area (Å²) in [6, 6.07) is 11.2. The number of halogens is 2. The van der Waals surface area contributed by atoms with Crippen LogP contribution < -0.4 is 20.1 Å². The van der Waals surface area contributed by atoms with Crippen LogP contribution in [0.4, 0.5) is 0 Å². The summed E-state index contributed by atoms with van der Waals surface area (Å²) in [6.07, 6.45) is 0. The van der Waals surface area contributed by atoms with E-state index in [0.29, 0.717) is 21.7 Å². The third-order valence-electron chi connectivity index (χ3n) is 3.67.